The minimum absolute atomic E-state index is 0.00150. The highest BCUT2D eigenvalue weighted by Crippen LogP contribution is 2.40. The molecule has 3 saturated heterocycles. The quantitative estimate of drug-likeness (QED) is 0.352. The molecule has 274 valence electrons. The second-order valence-electron chi connectivity index (χ2n) is 16.1. The van der Waals surface area contributed by atoms with E-state index in [4.69, 9.17) is 23.7 Å². The monoisotopic (exact) mass is 669 g/mol. The Balaban J connectivity index is 2.10. The first-order valence-electron chi connectivity index (χ1n) is 18.1. The van der Waals surface area contributed by atoms with Crippen molar-refractivity contribution in [3.05, 3.63) is 0 Å². The highest BCUT2D eigenvalue weighted by molar-refractivity contribution is 5.83. The summed E-state index contributed by atoms with van der Waals surface area (Å²) < 4.78 is 32.0. The van der Waals surface area contributed by atoms with Crippen LogP contribution >= 0.6 is 0 Å². The number of methoxy groups -OCH3 is 1. The molecule has 3 rings (SSSR count). The van der Waals surface area contributed by atoms with E-state index < -0.39 is 59.5 Å². The summed E-state index contributed by atoms with van der Waals surface area (Å²) in [6.07, 6.45) is 1.76. The Morgan fingerprint density at radius 3 is 2.13 bits per heavy atom. The first-order valence-corrected chi connectivity index (χ1v) is 18.1. The van der Waals surface area contributed by atoms with Crippen LogP contribution in [0.4, 0.5) is 0 Å². The Bertz CT molecular complexity index is 1010. The minimum atomic E-state index is -1.83. The summed E-state index contributed by atoms with van der Waals surface area (Å²) in [6, 6.07) is 0.279. The van der Waals surface area contributed by atoms with Gasteiger partial charge in [0.05, 0.1) is 42.0 Å². The molecule has 0 saturated carbocycles. The largest absolute Gasteiger partial charge is 0.459 e. The van der Waals surface area contributed by atoms with Crippen molar-refractivity contribution in [2.45, 2.75) is 174 Å². The van der Waals surface area contributed by atoms with Crippen LogP contribution in [0.25, 0.3) is 0 Å². The molecule has 3 heterocycles. The van der Waals surface area contributed by atoms with Crippen LogP contribution < -0.4 is 0 Å². The number of hydrogen-bond donors (Lipinski definition) is 2. The topological polar surface area (TPSA) is 124 Å². The molecule has 0 radical (unpaired) electrons. The molecule has 0 amide bonds. The van der Waals surface area contributed by atoms with Gasteiger partial charge in [0.25, 0.3) is 0 Å². The number of ether oxygens (including phenoxy) is 5. The number of rotatable bonds is 7. The first kappa shape index (κ1) is 40.3. The molecular formula is C37H67NO9. The Morgan fingerprint density at radius 2 is 1.55 bits per heavy atom. The predicted octanol–water partition coefficient (Wildman–Crippen LogP) is 5.15. The highest BCUT2D eigenvalue weighted by Gasteiger charge is 2.49. The zero-order valence-electron chi connectivity index (χ0n) is 31.4. The number of aliphatic hydroxyl groups is 2. The van der Waals surface area contributed by atoms with Gasteiger partial charge < -0.3 is 38.8 Å². The molecule has 3 aliphatic rings. The summed E-state index contributed by atoms with van der Waals surface area (Å²) in [4.78, 5) is 30.0. The molecular weight excluding hydrogens is 602 g/mol. The molecule has 10 nitrogen and oxygen atoms in total. The van der Waals surface area contributed by atoms with E-state index >= 15 is 0 Å². The van der Waals surface area contributed by atoms with E-state index in [2.05, 4.69) is 39.8 Å². The smallest absolute Gasteiger partial charge is 0.309 e. The normalized spacial score (nSPS) is 46.6. The predicted molar refractivity (Wildman–Crippen MR) is 181 cm³/mol. The van der Waals surface area contributed by atoms with Crippen molar-refractivity contribution in [3.63, 3.8) is 0 Å². The molecule has 15 atom stereocenters. The maximum absolute atomic E-state index is 14.0. The lowest BCUT2D eigenvalue weighted by atomic mass is 9.74. The van der Waals surface area contributed by atoms with Gasteiger partial charge in [-0.15, -0.1) is 0 Å². The molecule has 0 aromatic rings. The fourth-order valence-corrected chi connectivity index (χ4v) is 8.44. The van der Waals surface area contributed by atoms with Crippen molar-refractivity contribution in [2.75, 3.05) is 21.2 Å². The number of ketones is 1. The number of hydrogen-bond acceptors (Lipinski definition) is 10. The summed E-state index contributed by atoms with van der Waals surface area (Å²) in [7, 11) is 5.78. The third kappa shape index (κ3) is 9.98. The molecule has 0 bridgehead atoms. The summed E-state index contributed by atoms with van der Waals surface area (Å²) >= 11 is 0. The summed E-state index contributed by atoms with van der Waals surface area (Å²) in [5, 5.41) is 22.9. The molecule has 8 unspecified atom stereocenters. The molecule has 10 heteroatoms. The lowest BCUT2D eigenvalue weighted by molar-refractivity contribution is -0.259. The Morgan fingerprint density at radius 1 is 0.915 bits per heavy atom. The third-order valence-electron chi connectivity index (χ3n) is 11.6. The number of Topliss-reactive ketones (excluding diaryl/α,β-unsaturated/α-hetero) is 1. The number of esters is 1. The van der Waals surface area contributed by atoms with E-state index in [-0.39, 0.29) is 42.5 Å². The Kier molecular flexibility index (Phi) is 14.3. The van der Waals surface area contributed by atoms with Crippen LogP contribution in [0.3, 0.4) is 0 Å². The van der Waals surface area contributed by atoms with Crippen LogP contribution in [0, 0.1) is 29.6 Å². The van der Waals surface area contributed by atoms with E-state index in [1.807, 2.05) is 20.8 Å². The van der Waals surface area contributed by atoms with Gasteiger partial charge in [-0.1, -0.05) is 34.6 Å². The molecule has 0 spiro atoms. The Labute approximate surface area is 284 Å². The standard InChI is InChI=1S/C37H67NO9/c1-13-30-37(9,42)34(40)26(7)33(39)22(3)20-36(8,43-12)31(46-32-19-28(38(10)11)16-24(5)45-32)18-27(25(6)35(41)47-30)17-29-15-21(2)14-23(4)44-29/h21-32,34,40,42H,13-20H2,1-12H3/t21?,22-,23?,24?,25?,26?,27+,28?,29-,30-,31-,32?,34?,36-,37-/m1/s1. The van der Waals surface area contributed by atoms with Crippen molar-refractivity contribution in [3.8, 4) is 0 Å². The van der Waals surface area contributed by atoms with Crippen LogP contribution in [0.15, 0.2) is 0 Å². The lowest BCUT2D eigenvalue weighted by Gasteiger charge is -2.45. The number of aliphatic hydroxyl groups excluding tert-OH is 1. The van der Waals surface area contributed by atoms with E-state index in [0.717, 1.165) is 19.3 Å². The van der Waals surface area contributed by atoms with E-state index in [0.29, 0.717) is 31.6 Å². The minimum Gasteiger partial charge on any atom is -0.459 e. The first-order chi connectivity index (χ1) is 21.8. The van der Waals surface area contributed by atoms with Crippen molar-refractivity contribution in [1.82, 2.24) is 4.90 Å². The molecule has 3 fully saturated rings. The average Bonchev–Trinajstić information content (AvgIpc) is 2.99. The lowest BCUT2D eigenvalue weighted by Crippen LogP contribution is -2.56. The van der Waals surface area contributed by atoms with Gasteiger partial charge in [0.2, 0.25) is 0 Å². The second-order valence-corrected chi connectivity index (χ2v) is 16.1. The average molecular weight is 670 g/mol. The van der Waals surface area contributed by atoms with Crippen LogP contribution in [0.2, 0.25) is 0 Å². The third-order valence-corrected chi connectivity index (χ3v) is 11.6. The Hall–Kier alpha value is -1.14. The summed E-state index contributed by atoms with van der Waals surface area (Å²) in [5.41, 5.74) is -2.77. The SMILES string of the molecule is CC[C@H]1OC(=O)C(C)[C@@H](C[C@H]2CC(C)CC(C)O2)C[C@@H](OC2CC(N(C)C)CC(C)O2)[C@](C)(OC)C[C@@H](C)C(=O)C(C)C(O)[C@]1(C)O. The van der Waals surface area contributed by atoms with E-state index in [9.17, 15) is 19.8 Å². The van der Waals surface area contributed by atoms with Gasteiger partial charge in [0.15, 0.2) is 6.29 Å². The van der Waals surface area contributed by atoms with Crippen LogP contribution in [0.5, 0.6) is 0 Å². The van der Waals surface area contributed by atoms with Crippen molar-refractivity contribution in [2.24, 2.45) is 29.6 Å². The number of cyclic esters (lactones) is 1. The van der Waals surface area contributed by atoms with Gasteiger partial charge in [-0.2, -0.15) is 0 Å². The number of carbonyl (C=O) groups is 2. The van der Waals surface area contributed by atoms with Crippen LogP contribution in [0.1, 0.15) is 114 Å². The van der Waals surface area contributed by atoms with Gasteiger partial charge in [0, 0.05) is 31.4 Å². The maximum Gasteiger partial charge on any atom is 0.309 e. The zero-order chi connectivity index (χ0) is 35.4. The van der Waals surface area contributed by atoms with Gasteiger partial charge in [-0.05, 0) is 98.6 Å². The van der Waals surface area contributed by atoms with Crippen molar-refractivity contribution < 1.29 is 43.5 Å². The van der Waals surface area contributed by atoms with Crippen molar-refractivity contribution in [1.29, 1.82) is 0 Å². The molecule has 3 aliphatic heterocycles. The van der Waals surface area contributed by atoms with Gasteiger partial charge in [-0.3, -0.25) is 9.59 Å². The van der Waals surface area contributed by atoms with E-state index in [1.165, 1.54) is 6.92 Å². The molecule has 2 N–H and O–H groups in total. The van der Waals surface area contributed by atoms with Crippen LogP contribution in [-0.2, 0) is 33.3 Å². The maximum atomic E-state index is 14.0. The highest BCUT2D eigenvalue weighted by atomic mass is 16.7. The van der Waals surface area contributed by atoms with E-state index in [1.54, 1.807) is 21.0 Å². The molecule has 47 heavy (non-hydrogen) atoms. The molecule has 0 aromatic carbocycles. The fraction of sp³-hybridized carbons (Fsp3) is 0.946. The van der Waals surface area contributed by atoms with Gasteiger partial charge >= 0.3 is 5.97 Å². The number of nitrogens with zero attached hydrogens (tertiary/aromatic N) is 1. The van der Waals surface area contributed by atoms with Crippen molar-refractivity contribution >= 4 is 11.8 Å². The zero-order valence-corrected chi connectivity index (χ0v) is 31.4. The molecule has 0 aromatic heterocycles. The van der Waals surface area contributed by atoms with Gasteiger partial charge in [0.1, 0.15) is 17.5 Å². The van der Waals surface area contributed by atoms with Crippen LogP contribution in [-0.4, -0.2) is 108 Å². The summed E-state index contributed by atoms with van der Waals surface area (Å²) in [5.74, 6) is -2.37. The summed E-state index contributed by atoms with van der Waals surface area (Å²) in [6.45, 7) is 17.0. The molecule has 0 aliphatic carbocycles. The van der Waals surface area contributed by atoms with Gasteiger partial charge in [-0.25, -0.2) is 0 Å². The number of carbonyl (C=O) groups excluding carboxylic acids is 2. The second kappa shape index (κ2) is 16.7. The fourth-order valence-electron chi connectivity index (χ4n) is 8.44.